The molecule has 2 aliphatic heterocycles. The molecular formula is C12H12ClNO2S2. The van der Waals surface area contributed by atoms with E-state index in [9.17, 15) is 0 Å². The Balaban J connectivity index is 1.66. The quantitative estimate of drug-likeness (QED) is 0.806. The Kier molecular flexibility index (Phi) is 3.51. The number of hydrogen-bond donors (Lipinski definition) is 1. The van der Waals surface area contributed by atoms with Crippen LogP contribution in [-0.2, 0) is 9.47 Å². The molecule has 0 bridgehead atoms. The first-order chi connectivity index (χ1) is 8.67. The average molecular weight is 302 g/mol. The first-order valence-electron chi connectivity index (χ1n) is 5.61. The molecule has 3 nitrogen and oxygen atoms in total. The fraction of sp³-hybridized carbons (Fsp3) is 0.417. The van der Waals surface area contributed by atoms with E-state index in [-0.39, 0.29) is 11.8 Å². The van der Waals surface area contributed by atoms with Crippen molar-refractivity contribution in [1.82, 2.24) is 5.32 Å². The van der Waals surface area contributed by atoms with Gasteiger partial charge in [-0.05, 0) is 12.1 Å². The summed E-state index contributed by atoms with van der Waals surface area (Å²) in [7, 11) is 0. The van der Waals surface area contributed by atoms with E-state index in [1.54, 1.807) is 11.8 Å². The van der Waals surface area contributed by atoms with Gasteiger partial charge >= 0.3 is 0 Å². The van der Waals surface area contributed by atoms with Gasteiger partial charge < -0.3 is 14.8 Å². The minimum absolute atomic E-state index is 0.148. The first-order valence-corrected chi connectivity index (χ1v) is 7.38. The van der Waals surface area contributed by atoms with E-state index < -0.39 is 0 Å². The number of thiocarbonyl (C=S) groups is 1. The number of ether oxygens (including phenoxy) is 2. The van der Waals surface area contributed by atoms with Crippen molar-refractivity contribution in [2.24, 2.45) is 0 Å². The van der Waals surface area contributed by atoms with Crippen LogP contribution < -0.4 is 5.32 Å². The summed E-state index contributed by atoms with van der Waals surface area (Å²) in [5, 5.41) is 3.99. The van der Waals surface area contributed by atoms with Crippen molar-refractivity contribution in [1.29, 1.82) is 0 Å². The summed E-state index contributed by atoms with van der Waals surface area (Å²) in [4.78, 5) is 0. The number of rotatable bonds is 1. The minimum Gasteiger partial charge on any atom is -0.360 e. The summed E-state index contributed by atoms with van der Waals surface area (Å²) in [6, 6.07) is 7.53. The van der Waals surface area contributed by atoms with Gasteiger partial charge in [0.15, 0.2) is 6.29 Å². The van der Waals surface area contributed by atoms with Gasteiger partial charge in [0.2, 0.25) is 0 Å². The Morgan fingerprint density at radius 1 is 1.28 bits per heavy atom. The van der Waals surface area contributed by atoms with Crippen LogP contribution in [0.2, 0.25) is 5.02 Å². The molecule has 0 aromatic heterocycles. The lowest BCUT2D eigenvalue weighted by atomic mass is 10.0. The van der Waals surface area contributed by atoms with Gasteiger partial charge in [-0.1, -0.05) is 47.7 Å². The van der Waals surface area contributed by atoms with Crippen LogP contribution in [0.4, 0.5) is 0 Å². The van der Waals surface area contributed by atoms with Crippen molar-refractivity contribution in [2.45, 2.75) is 11.8 Å². The Morgan fingerprint density at radius 2 is 1.94 bits per heavy atom. The van der Waals surface area contributed by atoms with Gasteiger partial charge in [0.05, 0.1) is 18.8 Å². The molecule has 2 aliphatic rings. The van der Waals surface area contributed by atoms with Crippen LogP contribution >= 0.6 is 35.6 Å². The SMILES string of the molecule is S=C1NC2(COC(c3ccc(Cl)cc3)OC2)CS1. The maximum atomic E-state index is 5.86. The molecule has 0 amide bonds. The van der Waals surface area contributed by atoms with Gasteiger partial charge in [0.25, 0.3) is 0 Å². The van der Waals surface area contributed by atoms with Crippen molar-refractivity contribution in [2.75, 3.05) is 19.0 Å². The molecule has 0 atom stereocenters. The molecule has 3 rings (SSSR count). The predicted octanol–water partition coefficient (Wildman–Crippen LogP) is 2.75. The largest absolute Gasteiger partial charge is 0.360 e. The molecule has 0 radical (unpaired) electrons. The van der Waals surface area contributed by atoms with Gasteiger partial charge in [-0.25, -0.2) is 0 Å². The van der Waals surface area contributed by atoms with E-state index in [0.717, 1.165) is 15.6 Å². The van der Waals surface area contributed by atoms with Crippen molar-refractivity contribution in [3.8, 4) is 0 Å². The molecule has 0 aliphatic carbocycles. The summed E-state index contributed by atoms with van der Waals surface area (Å²) in [5.74, 6) is 0.902. The maximum absolute atomic E-state index is 5.86. The standard InChI is InChI=1S/C12H12ClNO2S2/c13-9-3-1-8(2-4-9)10-15-5-12(6-16-10)7-18-11(17)14-12/h1-4,10H,5-7H2,(H,14,17). The smallest absolute Gasteiger partial charge is 0.184 e. The van der Waals surface area contributed by atoms with E-state index in [2.05, 4.69) is 5.32 Å². The summed E-state index contributed by atoms with van der Waals surface area (Å²) in [6.07, 6.45) is -0.311. The van der Waals surface area contributed by atoms with Gasteiger partial charge in [-0.2, -0.15) is 0 Å². The monoisotopic (exact) mass is 301 g/mol. The molecule has 96 valence electrons. The third kappa shape index (κ3) is 2.51. The lowest BCUT2D eigenvalue weighted by Crippen LogP contribution is -2.54. The molecule has 1 aromatic rings. The summed E-state index contributed by atoms with van der Waals surface area (Å²) >= 11 is 12.6. The lowest BCUT2D eigenvalue weighted by molar-refractivity contribution is -0.210. The average Bonchev–Trinajstić information content (AvgIpc) is 2.73. The summed E-state index contributed by atoms with van der Waals surface area (Å²) in [6.45, 7) is 1.21. The second-order valence-corrected chi connectivity index (χ2v) is 6.58. The number of nitrogens with one attached hydrogen (secondary N) is 1. The van der Waals surface area contributed by atoms with Gasteiger partial charge in [-0.15, -0.1) is 0 Å². The Labute approximate surface area is 120 Å². The second kappa shape index (κ2) is 4.98. The summed E-state index contributed by atoms with van der Waals surface area (Å²) in [5.41, 5.74) is 0.840. The van der Waals surface area contributed by atoms with Crippen LogP contribution in [-0.4, -0.2) is 28.8 Å². The molecule has 18 heavy (non-hydrogen) atoms. The second-order valence-electron chi connectivity index (χ2n) is 4.49. The Morgan fingerprint density at radius 3 is 2.50 bits per heavy atom. The number of thioether (sulfide) groups is 1. The van der Waals surface area contributed by atoms with E-state index in [4.69, 9.17) is 33.3 Å². The highest BCUT2D eigenvalue weighted by molar-refractivity contribution is 8.23. The fourth-order valence-electron chi connectivity index (χ4n) is 2.02. The molecule has 2 saturated heterocycles. The zero-order valence-electron chi connectivity index (χ0n) is 9.52. The Bertz CT molecular complexity index is 458. The number of halogens is 1. The molecule has 1 spiro atoms. The highest BCUT2D eigenvalue weighted by atomic mass is 35.5. The fourth-order valence-corrected chi connectivity index (χ4v) is 3.47. The van der Waals surface area contributed by atoms with Crippen LogP contribution in [0.3, 0.4) is 0 Å². The normalized spacial score (nSPS) is 31.6. The van der Waals surface area contributed by atoms with Crippen molar-refractivity contribution in [3.05, 3.63) is 34.9 Å². The van der Waals surface area contributed by atoms with Crippen LogP contribution in [0.5, 0.6) is 0 Å². The van der Waals surface area contributed by atoms with E-state index in [1.165, 1.54) is 0 Å². The number of hydrogen-bond acceptors (Lipinski definition) is 4. The maximum Gasteiger partial charge on any atom is 0.184 e. The third-order valence-electron chi connectivity index (χ3n) is 3.01. The molecule has 1 N–H and O–H groups in total. The third-order valence-corrected chi connectivity index (χ3v) is 4.78. The van der Waals surface area contributed by atoms with Crippen LogP contribution in [0.25, 0.3) is 0 Å². The molecule has 1 aromatic carbocycles. The topological polar surface area (TPSA) is 30.5 Å². The zero-order chi connectivity index (χ0) is 12.6. The highest BCUT2D eigenvalue weighted by Gasteiger charge is 2.42. The Hall–Kier alpha value is -0.330. The summed E-state index contributed by atoms with van der Waals surface area (Å²) < 4.78 is 12.4. The predicted molar refractivity (Wildman–Crippen MR) is 77.0 cm³/mol. The van der Waals surface area contributed by atoms with E-state index in [1.807, 2.05) is 24.3 Å². The molecular weight excluding hydrogens is 290 g/mol. The molecule has 0 unspecified atom stereocenters. The zero-order valence-corrected chi connectivity index (χ0v) is 11.9. The molecule has 2 fully saturated rings. The van der Waals surface area contributed by atoms with Gasteiger partial charge in [-0.3, -0.25) is 0 Å². The number of benzene rings is 1. The minimum atomic E-state index is -0.311. The first kappa shape index (κ1) is 12.7. The van der Waals surface area contributed by atoms with Crippen LogP contribution in [0.15, 0.2) is 24.3 Å². The van der Waals surface area contributed by atoms with E-state index in [0.29, 0.717) is 18.2 Å². The molecule has 6 heteroatoms. The highest BCUT2D eigenvalue weighted by Crippen LogP contribution is 2.32. The molecule has 0 saturated carbocycles. The van der Waals surface area contributed by atoms with Gasteiger partial charge in [0, 0.05) is 16.3 Å². The van der Waals surface area contributed by atoms with Crippen molar-refractivity contribution in [3.63, 3.8) is 0 Å². The van der Waals surface area contributed by atoms with Crippen LogP contribution in [0, 0.1) is 0 Å². The van der Waals surface area contributed by atoms with Crippen LogP contribution in [0.1, 0.15) is 11.9 Å². The van der Waals surface area contributed by atoms with Crippen molar-refractivity contribution < 1.29 is 9.47 Å². The van der Waals surface area contributed by atoms with Gasteiger partial charge in [0.1, 0.15) is 4.32 Å². The van der Waals surface area contributed by atoms with E-state index >= 15 is 0 Å². The van der Waals surface area contributed by atoms with Crippen molar-refractivity contribution >= 4 is 39.9 Å². The molecule has 2 heterocycles. The lowest BCUT2D eigenvalue weighted by Gasteiger charge is -2.36.